The zero-order valence-corrected chi connectivity index (χ0v) is 13.2. The molecule has 2 amide bonds. The molecular weight excluding hydrogens is 288 g/mol. The Kier molecular flexibility index (Phi) is 4.91. The molecule has 1 aromatic carbocycles. The topological polar surface area (TPSA) is 49.4 Å². The Morgan fingerprint density at radius 2 is 1.96 bits per heavy atom. The van der Waals surface area contributed by atoms with Crippen LogP contribution in [0.4, 0.5) is 0 Å². The van der Waals surface area contributed by atoms with E-state index in [9.17, 15) is 9.59 Å². The number of benzene rings is 1. The summed E-state index contributed by atoms with van der Waals surface area (Å²) >= 11 is 0. The summed E-state index contributed by atoms with van der Waals surface area (Å²) < 4.78 is 0. The maximum absolute atomic E-state index is 12.5. The SMILES string of the molecule is O=C1CN(Cc2ccccc2)C(=O)CC(CC2C=CC=CC2)N1. The number of amides is 2. The first-order chi connectivity index (χ1) is 11.2. The molecule has 1 fully saturated rings. The van der Waals surface area contributed by atoms with E-state index in [1.165, 1.54) is 0 Å². The van der Waals surface area contributed by atoms with Gasteiger partial charge in [-0.1, -0.05) is 54.6 Å². The van der Waals surface area contributed by atoms with E-state index in [2.05, 4.69) is 17.5 Å². The largest absolute Gasteiger partial charge is 0.351 e. The van der Waals surface area contributed by atoms with Crippen molar-refractivity contribution >= 4 is 11.8 Å². The number of nitrogens with zero attached hydrogens (tertiary/aromatic N) is 1. The summed E-state index contributed by atoms with van der Waals surface area (Å²) in [7, 11) is 0. The second-order valence-corrected chi connectivity index (χ2v) is 6.25. The molecule has 0 saturated carbocycles. The molecule has 1 aromatic rings. The number of rotatable bonds is 4. The van der Waals surface area contributed by atoms with Crippen LogP contribution < -0.4 is 5.32 Å². The molecule has 1 aliphatic heterocycles. The first-order valence-electron chi connectivity index (χ1n) is 8.15. The van der Waals surface area contributed by atoms with Gasteiger partial charge in [0.05, 0.1) is 6.54 Å². The van der Waals surface area contributed by atoms with Gasteiger partial charge in [-0.3, -0.25) is 9.59 Å². The van der Waals surface area contributed by atoms with Gasteiger partial charge in [0, 0.05) is 19.0 Å². The first kappa shape index (κ1) is 15.5. The van der Waals surface area contributed by atoms with Crippen molar-refractivity contribution in [2.75, 3.05) is 6.54 Å². The first-order valence-corrected chi connectivity index (χ1v) is 8.15. The molecule has 1 aliphatic carbocycles. The Hall–Kier alpha value is -2.36. The van der Waals surface area contributed by atoms with Crippen molar-refractivity contribution in [3.63, 3.8) is 0 Å². The fraction of sp³-hybridized carbons (Fsp3) is 0.368. The van der Waals surface area contributed by atoms with Gasteiger partial charge in [0.15, 0.2) is 0 Å². The fourth-order valence-corrected chi connectivity index (χ4v) is 3.19. The van der Waals surface area contributed by atoms with E-state index in [0.717, 1.165) is 18.4 Å². The highest BCUT2D eigenvalue weighted by Gasteiger charge is 2.28. The van der Waals surface area contributed by atoms with Crippen molar-refractivity contribution < 1.29 is 9.59 Å². The van der Waals surface area contributed by atoms with E-state index in [0.29, 0.717) is 18.9 Å². The summed E-state index contributed by atoms with van der Waals surface area (Å²) in [4.78, 5) is 26.3. The summed E-state index contributed by atoms with van der Waals surface area (Å²) in [5.41, 5.74) is 1.05. The molecule has 4 nitrogen and oxygen atoms in total. The van der Waals surface area contributed by atoms with Crippen LogP contribution in [-0.4, -0.2) is 29.3 Å². The Morgan fingerprint density at radius 3 is 2.70 bits per heavy atom. The molecule has 3 rings (SSSR count). The Labute approximate surface area is 136 Å². The number of carbonyl (C=O) groups is 2. The van der Waals surface area contributed by atoms with E-state index < -0.39 is 0 Å². The highest BCUT2D eigenvalue weighted by Crippen LogP contribution is 2.21. The molecule has 0 spiro atoms. The van der Waals surface area contributed by atoms with Crippen LogP contribution in [0.15, 0.2) is 54.6 Å². The zero-order valence-electron chi connectivity index (χ0n) is 13.2. The van der Waals surface area contributed by atoms with E-state index in [-0.39, 0.29) is 24.4 Å². The number of hydrogen-bond acceptors (Lipinski definition) is 2. The summed E-state index contributed by atoms with van der Waals surface area (Å²) in [6, 6.07) is 9.73. The summed E-state index contributed by atoms with van der Waals surface area (Å²) in [5.74, 6) is 0.387. The van der Waals surface area contributed by atoms with Crippen LogP contribution in [0.1, 0.15) is 24.8 Å². The van der Waals surface area contributed by atoms with Gasteiger partial charge in [-0.25, -0.2) is 0 Å². The Balaban J connectivity index is 1.63. The summed E-state index contributed by atoms with van der Waals surface area (Å²) in [6.07, 6.45) is 10.5. The van der Waals surface area contributed by atoms with Gasteiger partial charge in [-0.2, -0.15) is 0 Å². The van der Waals surface area contributed by atoms with Crippen molar-refractivity contribution in [3.05, 3.63) is 60.2 Å². The van der Waals surface area contributed by atoms with Crippen LogP contribution in [0.5, 0.6) is 0 Å². The van der Waals surface area contributed by atoms with Gasteiger partial charge in [0.25, 0.3) is 0 Å². The van der Waals surface area contributed by atoms with Crippen LogP contribution in [0, 0.1) is 5.92 Å². The van der Waals surface area contributed by atoms with Crippen LogP contribution >= 0.6 is 0 Å². The Morgan fingerprint density at radius 1 is 1.13 bits per heavy atom. The molecule has 0 aromatic heterocycles. The fourth-order valence-electron chi connectivity index (χ4n) is 3.19. The predicted molar refractivity (Wildman–Crippen MR) is 89.4 cm³/mol. The molecule has 4 heteroatoms. The average Bonchev–Trinajstić information content (AvgIpc) is 2.68. The van der Waals surface area contributed by atoms with Gasteiger partial charge in [0.1, 0.15) is 0 Å². The molecule has 120 valence electrons. The highest BCUT2D eigenvalue weighted by atomic mass is 16.2. The Bertz CT molecular complexity index is 622. The molecule has 2 atom stereocenters. The van der Waals surface area contributed by atoms with Crippen LogP contribution in [0.25, 0.3) is 0 Å². The lowest BCUT2D eigenvalue weighted by Crippen LogP contribution is -2.37. The number of carbonyl (C=O) groups excluding carboxylic acids is 2. The van der Waals surface area contributed by atoms with Crippen LogP contribution in [0.3, 0.4) is 0 Å². The molecule has 0 radical (unpaired) electrons. The third kappa shape index (κ3) is 4.31. The molecule has 2 unspecified atom stereocenters. The molecule has 0 bridgehead atoms. The lowest BCUT2D eigenvalue weighted by Gasteiger charge is -2.21. The summed E-state index contributed by atoms with van der Waals surface area (Å²) in [5, 5.41) is 3.01. The van der Waals surface area contributed by atoms with E-state index >= 15 is 0 Å². The molecular formula is C19H22N2O2. The van der Waals surface area contributed by atoms with Crippen molar-refractivity contribution in [1.82, 2.24) is 10.2 Å². The molecule has 1 heterocycles. The quantitative estimate of drug-likeness (QED) is 0.928. The lowest BCUT2D eigenvalue weighted by molar-refractivity contribution is -0.134. The monoisotopic (exact) mass is 310 g/mol. The smallest absolute Gasteiger partial charge is 0.239 e. The van der Waals surface area contributed by atoms with Gasteiger partial charge in [-0.05, 0) is 24.3 Å². The molecule has 2 aliphatic rings. The third-order valence-corrected chi connectivity index (χ3v) is 4.35. The number of nitrogens with one attached hydrogen (secondary N) is 1. The summed E-state index contributed by atoms with van der Waals surface area (Å²) in [6.45, 7) is 0.635. The number of hydrogen-bond donors (Lipinski definition) is 1. The number of allylic oxidation sites excluding steroid dienone is 4. The van der Waals surface area contributed by atoms with Crippen molar-refractivity contribution in [3.8, 4) is 0 Å². The van der Waals surface area contributed by atoms with Crippen LogP contribution in [0.2, 0.25) is 0 Å². The highest BCUT2D eigenvalue weighted by molar-refractivity contribution is 5.87. The maximum atomic E-state index is 12.5. The maximum Gasteiger partial charge on any atom is 0.239 e. The van der Waals surface area contributed by atoms with Gasteiger partial charge in [0.2, 0.25) is 11.8 Å². The van der Waals surface area contributed by atoms with Gasteiger partial charge in [-0.15, -0.1) is 0 Å². The standard InChI is InChI=1S/C19H22N2O2/c22-18-14-21(13-16-9-5-2-6-10-16)19(23)12-17(20-18)11-15-7-3-1-4-8-15/h1-7,9-10,15,17H,8,11-14H2,(H,20,22). The van der Waals surface area contributed by atoms with Gasteiger partial charge >= 0.3 is 0 Å². The zero-order chi connectivity index (χ0) is 16.1. The van der Waals surface area contributed by atoms with E-state index in [4.69, 9.17) is 0 Å². The predicted octanol–water partition coefficient (Wildman–Crippen LogP) is 2.43. The van der Waals surface area contributed by atoms with E-state index in [1.807, 2.05) is 42.5 Å². The minimum atomic E-state index is -0.0723. The second-order valence-electron chi connectivity index (χ2n) is 6.25. The van der Waals surface area contributed by atoms with Gasteiger partial charge < -0.3 is 10.2 Å². The van der Waals surface area contributed by atoms with Crippen molar-refractivity contribution in [2.45, 2.75) is 31.8 Å². The third-order valence-electron chi connectivity index (χ3n) is 4.35. The van der Waals surface area contributed by atoms with Crippen molar-refractivity contribution in [2.24, 2.45) is 5.92 Å². The van der Waals surface area contributed by atoms with Crippen molar-refractivity contribution in [1.29, 1.82) is 0 Å². The molecule has 1 N–H and O–H groups in total. The molecule has 1 saturated heterocycles. The minimum Gasteiger partial charge on any atom is -0.351 e. The second kappa shape index (κ2) is 7.27. The molecule has 23 heavy (non-hydrogen) atoms. The average molecular weight is 310 g/mol. The minimum absolute atomic E-state index is 0.0486. The van der Waals surface area contributed by atoms with E-state index in [1.54, 1.807) is 4.90 Å². The lowest BCUT2D eigenvalue weighted by atomic mass is 9.92. The normalized spacial score (nSPS) is 24.4. The van der Waals surface area contributed by atoms with Crippen LogP contribution in [-0.2, 0) is 16.1 Å².